The fraction of sp³-hybridized carbons (Fsp3) is 0.829. The minimum Gasteiger partial charge on any atom is -0.462 e. The number of esters is 3. The van der Waals surface area contributed by atoms with E-state index in [0.29, 0.717) is 19.3 Å². The topological polar surface area (TPSA) is 78.9 Å². The molecule has 0 amide bonds. The number of ether oxygens (including phenoxy) is 3. The van der Waals surface area contributed by atoms with Crippen molar-refractivity contribution in [1.29, 1.82) is 0 Å². The summed E-state index contributed by atoms with van der Waals surface area (Å²) >= 11 is 0. The highest BCUT2D eigenvalue weighted by atomic mass is 16.6. The summed E-state index contributed by atoms with van der Waals surface area (Å²) < 4.78 is 17.0. The molecule has 0 aliphatic heterocycles. The molecule has 478 valence electrons. The Labute approximate surface area is 510 Å². The van der Waals surface area contributed by atoms with Gasteiger partial charge in [0.2, 0.25) is 0 Å². The van der Waals surface area contributed by atoms with Crippen LogP contribution in [0, 0.1) is 0 Å². The van der Waals surface area contributed by atoms with Crippen molar-refractivity contribution in [3.05, 3.63) is 60.8 Å². The molecule has 0 fully saturated rings. The molecule has 0 saturated carbocycles. The van der Waals surface area contributed by atoms with Crippen molar-refractivity contribution < 1.29 is 28.6 Å². The Bertz CT molecular complexity index is 1460. The minimum absolute atomic E-state index is 0.0741. The van der Waals surface area contributed by atoms with Gasteiger partial charge in [0, 0.05) is 19.3 Å². The Morgan fingerprint density at radius 3 is 0.744 bits per heavy atom. The fourth-order valence-electron chi connectivity index (χ4n) is 10.9. The van der Waals surface area contributed by atoms with E-state index in [1.54, 1.807) is 0 Å². The van der Waals surface area contributed by atoms with E-state index in [-0.39, 0.29) is 31.1 Å². The molecule has 0 aliphatic carbocycles. The first kappa shape index (κ1) is 79.1. The second-order valence-corrected chi connectivity index (χ2v) is 24.5. The van der Waals surface area contributed by atoms with Crippen molar-refractivity contribution in [2.75, 3.05) is 13.2 Å². The molecule has 0 saturated heterocycles. The minimum atomic E-state index is -0.778. The van der Waals surface area contributed by atoms with Crippen LogP contribution in [0.4, 0.5) is 0 Å². The van der Waals surface area contributed by atoms with Gasteiger partial charge in [0.15, 0.2) is 6.10 Å². The van der Waals surface area contributed by atoms with E-state index in [1.165, 1.54) is 250 Å². The van der Waals surface area contributed by atoms with Gasteiger partial charge in [-0.25, -0.2) is 0 Å². The molecule has 1 atom stereocenters. The summed E-state index contributed by atoms with van der Waals surface area (Å²) in [4.78, 5) is 38.3. The lowest BCUT2D eigenvalue weighted by atomic mass is 10.0. The highest BCUT2D eigenvalue weighted by Crippen LogP contribution is 2.19. The van der Waals surface area contributed by atoms with Crippen LogP contribution in [0.3, 0.4) is 0 Å². The number of carbonyl (C=O) groups is 3. The second kappa shape index (κ2) is 70.6. The van der Waals surface area contributed by atoms with E-state index in [1.807, 2.05) is 0 Å². The number of carbonyl (C=O) groups excluding carboxylic acids is 3. The maximum atomic E-state index is 12.9. The third-order valence-corrected chi connectivity index (χ3v) is 16.3. The second-order valence-electron chi connectivity index (χ2n) is 24.5. The zero-order valence-corrected chi connectivity index (χ0v) is 55.0. The van der Waals surface area contributed by atoms with Gasteiger partial charge in [0.05, 0.1) is 0 Å². The number of hydrogen-bond donors (Lipinski definition) is 0. The summed E-state index contributed by atoms with van der Waals surface area (Å²) in [7, 11) is 0. The summed E-state index contributed by atoms with van der Waals surface area (Å²) in [6.07, 6.45) is 91.3. The molecule has 6 nitrogen and oxygen atoms in total. The Morgan fingerprint density at radius 1 is 0.256 bits per heavy atom. The summed E-state index contributed by atoms with van der Waals surface area (Å²) in [5.74, 6) is -0.864. The molecule has 82 heavy (non-hydrogen) atoms. The number of allylic oxidation sites excluding steroid dienone is 10. The van der Waals surface area contributed by atoms with E-state index in [0.717, 1.165) is 96.3 Å². The Morgan fingerprint density at radius 2 is 0.476 bits per heavy atom. The molecule has 0 aliphatic rings. The molecular formula is C76H138O6. The summed E-state index contributed by atoms with van der Waals surface area (Å²) in [5.41, 5.74) is 0. The number of hydrogen-bond acceptors (Lipinski definition) is 6. The molecule has 0 N–H and O–H groups in total. The lowest BCUT2D eigenvalue weighted by Gasteiger charge is -2.18. The van der Waals surface area contributed by atoms with Gasteiger partial charge in [-0.05, 0) is 64.2 Å². The first-order valence-electron chi connectivity index (χ1n) is 36.3. The summed E-state index contributed by atoms with van der Waals surface area (Å²) in [6, 6.07) is 0. The highest BCUT2D eigenvalue weighted by Gasteiger charge is 2.19. The van der Waals surface area contributed by atoms with E-state index >= 15 is 0 Å². The molecule has 0 bridgehead atoms. The van der Waals surface area contributed by atoms with Gasteiger partial charge in [0.1, 0.15) is 13.2 Å². The van der Waals surface area contributed by atoms with Crippen molar-refractivity contribution in [3.63, 3.8) is 0 Å². The van der Waals surface area contributed by atoms with Gasteiger partial charge in [-0.1, -0.05) is 364 Å². The van der Waals surface area contributed by atoms with E-state index in [4.69, 9.17) is 14.2 Å². The van der Waals surface area contributed by atoms with Crippen LogP contribution in [0.1, 0.15) is 387 Å². The predicted molar refractivity (Wildman–Crippen MR) is 358 cm³/mol. The standard InChI is InChI=1S/C76H138O6/c1-4-7-10-13-16-19-22-24-26-28-30-32-34-35-36-37-38-39-40-41-43-44-46-48-50-52-54-57-60-63-66-69-75(78)81-72-73(71-80-74(77)68-65-62-59-56-21-18-15-12-9-6-3)82-76(79)70-67-64-61-58-55-53-51-49-47-45-42-33-31-29-27-25-23-20-17-14-11-8-5-2/h8,11,17,20,25,27,31,33,45,47,73H,4-7,9-10,12-16,18-19,21-24,26,28-30,32,34-44,46,48-72H2,1-3H3/b11-8-,20-17-,27-25-,33-31-,47-45-. The zero-order chi connectivity index (χ0) is 59.2. The molecular weight excluding hydrogens is 1010 g/mol. The SMILES string of the molecule is CC/C=C\C/C=C\C/C=C\C/C=C\C/C=C\CCCCCCCCCC(=O)OC(COC(=O)CCCCCCCCCCCC)COC(=O)CCCCCCCCCCCCCCCCCCCCCCCCCCCCCCCCC. The molecule has 0 rings (SSSR count). The van der Waals surface area contributed by atoms with Crippen LogP contribution in [0.5, 0.6) is 0 Å². The van der Waals surface area contributed by atoms with Crippen molar-refractivity contribution in [3.8, 4) is 0 Å². The average Bonchev–Trinajstić information content (AvgIpc) is 3.47. The van der Waals surface area contributed by atoms with Crippen LogP contribution < -0.4 is 0 Å². The smallest absolute Gasteiger partial charge is 0.306 e. The molecule has 1 unspecified atom stereocenters. The van der Waals surface area contributed by atoms with E-state index < -0.39 is 6.10 Å². The zero-order valence-electron chi connectivity index (χ0n) is 55.0. The molecule has 0 aromatic carbocycles. The van der Waals surface area contributed by atoms with E-state index in [9.17, 15) is 14.4 Å². The van der Waals surface area contributed by atoms with Gasteiger partial charge in [0.25, 0.3) is 0 Å². The third kappa shape index (κ3) is 67.9. The fourth-order valence-corrected chi connectivity index (χ4v) is 10.9. The lowest BCUT2D eigenvalue weighted by molar-refractivity contribution is -0.167. The molecule has 0 spiro atoms. The number of unbranched alkanes of at least 4 members (excludes halogenated alkanes) is 46. The molecule has 6 heteroatoms. The summed E-state index contributed by atoms with van der Waals surface area (Å²) in [6.45, 7) is 6.57. The average molecular weight is 1150 g/mol. The first-order chi connectivity index (χ1) is 40.5. The molecule has 0 aromatic rings. The highest BCUT2D eigenvalue weighted by molar-refractivity contribution is 5.71. The molecule has 0 heterocycles. The van der Waals surface area contributed by atoms with Gasteiger partial charge in [-0.15, -0.1) is 0 Å². The van der Waals surface area contributed by atoms with Crippen molar-refractivity contribution in [2.24, 2.45) is 0 Å². The first-order valence-corrected chi connectivity index (χ1v) is 36.3. The Kier molecular flexibility index (Phi) is 68.1. The van der Waals surface area contributed by atoms with Crippen molar-refractivity contribution in [2.45, 2.75) is 393 Å². The maximum Gasteiger partial charge on any atom is 0.306 e. The largest absolute Gasteiger partial charge is 0.462 e. The van der Waals surface area contributed by atoms with Gasteiger partial charge >= 0.3 is 17.9 Å². The summed E-state index contributed by atoms with van der Waals surface area (Å²) in [5, 5.41) is 0. The third-order valence-electron chi connectivity index (χ3n) is 16.3. The lowest BCUT2D eigenvalue weighted by Crippen LogP contribution is -2.30. The maximum absolute atomic E-state index is 12.9. The van der Waals surface area contributed by atoms with E-state index in [2.05, 4.69) is 81.5 Å². The van der Waals surface area contributed by atoms with Crippen LogP contribution in [0.15, 0.2) is 60.8 Å². The van der Waals surface area contributed by atoms with Crippen LogP contribution in [0.2, 0.25) is 0 Å². The normalized spacial score (nSPS) is 12.4. The Balaban J connectivity index is 4.12. The van der Waals surface area contributed by atoms with Gasteiger partial charge in [-0.3, -0.25) is 14.4 Å². The van der Waals surface area contributed by atoms with Crippen LogP contribution in [-0.2, 0) is 28.6 Å². The monoisotopic (exact) mass is 1150 g/mol. The van der Waals surface area contributed by atoms with Crippen molar-refractivity contribution >= 4 is 17.9 Å². The Hall–Kier alpha value is -2.89. The number of rotatable bonds is 67. The predicted octanol–water partition coefficient (Wildman–Crippen LogP) is 25.1. The van der Waals surface area contributed by atoms with Gasteiger partial charge in [-0.2, -0.15) is 0 Å². The van der Waals surface area contributed by atoms with Crippen LogP contribution in [0.25, 0.3) is 0 Å². The van der Waals surface area contributed by atoms with Gasteiger partial charge < -0.3 is 14.2 Å². The quantitative estimate of drug-likeness (QED) is 0.0261. The van der Waals surface area contributed by atoms with Crippen molar-refractivity contribution in [1.82, 2.24) is 0 Å². The molecule has 0 aromatic heterocycles. The van der Waals surface area contributed by atoms with Crippen LogP contribution in [-0.4, -0.2) is 37.2 Å². The van der Waals surface area contributed by atoms with Crippen LogP contribution >= 0.6 is 0 Å². The molecule has 0 radical (unpaired) electrons.